The van der Waals surface area contributed by atoms with Gasteiger partial charge < -0.3 is 15.1 Å². The molecule has 0 radical (unpaired) electrons. The highest BCUT2D eigenvalue weighted by Gasteiger charge is 2.41. The maximum absolute atomic E-state index is 15.1. The number of piperazine rings is 1. The van der Waals surface area contributed by atoms with Gasteiger partial charge in [0.1, 0.15) is 6.04 Å². The van der Waals surface area contributed by atoms with E-state index in [1.54, 1.807) is 30.3 Å². The molecule has 9 nitrogen and oxygen atoms in total. The van der Waals surface area contributed by atoms with Crippen LogP contribution in [0.15, 0.2) is 42.5 Å². The Morgan fingerprint density at radius 2 is 1.82 bits per heavy atom. The van der Waals surface area contributed by atoms with Crippen LogP contribution in [-0.4, -0.2) is 77.6 Å². The van der Waals surface area contributed by atoms with Crippen molar-refractivity contribution in [3.63, 3.8) is 0 Å². The highest BCUT2D eigenvalue weighted by molar-refractivity contribution is 6.05. The Kier molecular flexibility index (Phi) is 7.46. The lowest BCUT2D eigenvalue weighted by Crippen LogP contribution is -2.52. The zero-order valence-corrected chi connectivity index (χ0v) is 21.7. The van der Waals surface area contributed by atoms with E-state index in [0.717, 1.165) is 31.7 Å². The third-order valence-corrected chi connectivity index (χ3v) is 7.62. The average Bonchev–Trinajstić information content (AvgIpc) is 3.24. The van der Waals surface area contributed by atoms with Crippen LogP contribution in [0.25, 0.3) is 0 Å². The molecule has 2 N–H and O–H groups in total. The largest absolute Gasteiger partial charge is 0.349 e. The van der Waals surface area contributed by atoms with Gasteiger partial charge in [-0.1, -0.05) is 30.3 Å². The number of likely N-dealkylation sites (N-methyl/N-ethyl adjacent to an activating group) is 1. The molecule has 39 heavy (non-hydrogen) atoms. The van der Waals surface area contributed by atoms with Gasteiger partial charge in [0.05, 0.1) is 0 Å². The van der Waals surface area contributed by atoms with Crippen LogP contribution in [0, 0.1) is 0 Å². The van der Waals surface area contributed by atoms with E-state index in [1.807, 2.05) is 0 Å². The molecule has 5 rings (SSSR count). The molecule has 3 aliphatic rings. The van der Waals surface area contributed by atoms with E-state index in [4.69, 9.17) is 0 Å². The number of nitrogens with zero attached hydrogens (tertiary/aromatic N) is 3. The first-order chi connectivity index (χ1) is 18.6. The summed E-state index contributed by atoms with van der Waals surface area (Å²) >= 11 is 0. The summed E-state index contributed by atoms with van der Waals surface area (Å²) in [6.07, 6.45) is 0.403. The zero-order chi connectivity index (χ0) is 27.7. The van der Waals surface area contributed by atoms with E-state index in [1.165, 1.54) is 17.0 Å². The molecule has 1 atom stereocenters. The summed E-state index contributed by atoms with van der Waals surface area (Å²) in [4.78, 5) is 54.9. The van der Waals surface area contributed by atoms with Gasteiger partial charge in [-0.3, -0.25) is 29.4 Å². The second kappa shape index (κ2) is 10.8. The zero-order valence-electron chi connectivity index (χ0n) is 21.7. The molecule has 11 heteroatoms. The van der Waals surface area contributed by atoms with E-state index in [-0.39, 0.29) is 43.3 Å². The van der Waals surface area contributed by atoms with Crippen molar-refractivity contribution in [1.29, 1.82) is 0 Å². The lowest BCUT2D eigenvalue weighted by Gasteiger charge is -2.32. The summed E-state index contributed by atoms with van der Waals surface area (Å²) in [5.74, 6) is -6.31. The van der Waals surface area contributed by atoms with E-state index in [2.05, 4.69) is 27.5 Å². The van der Waals surface area contributed by atoms with Crippen molar-refractivity contribution < 1.29 is 28.0 Å². The Hall–Kier alpha value is -3.70. The van der Waals surface area contributed by atoms with Crippen LogP contribution in [0.5, 0.6) is 0 Å². The number of hydrogen-bond donors (Lipinski definition) is 2. The molecular formula is C28H31F2N5O4. The number of piperidine rings is 1. The predicted octanol–water partition coefficient (Wildman–Crippen LogP) is 1.60. The smallest absolute Gasteiger partial charge is 0.346 e. The van der Waals surface area contributed by atoms with Crippen LogP contribution in [0.3, 0.4) is 0 Å². The summed E-state index contributed by atoms with van der Waals surface area (Å²) in [5, 5.41) is 4.58. The fourth-order valence-corrected chi connectivity index (χ4v) is 5.29. The number of carbonyl (C=O) groups is 4. The van der Waals surface area contributed by atoms with Crippen molar-refractivity contribution in [2.75, 3.05) is 33.2 Å². The van der Waals surface area contributed by atoms with Gasteiger partial charge in [0.15, 0.2) is 0 Å². The molecule has 0 aromatic heterocycles. The van der Waals surface area contributed by atoms with Crippen molar-refractivity contribution in [3.8, 4) is 0 Å². The van der Waals surface area contributed by atoms with Crippen molar-refractivity contribution >= 4 is 23.6 Å². The number of nitrogens with one attached hydrogen (secondary N) is 2. The molecule has 2 aromatic carbocycles. The third-order valence-electron chi connectivity index (χ3n) is 7.62. The number of halogens is 2. The first-order valence-corrected chi connectivity index (χ1v) is 13.0. The fraction of sp³-hybridized carbons (Fsp3) is 0.429. The van der Waals surface area contributed by atoms with Crippen molar-refractivity contribution in [2.45, 2.75) is 44.4 Å². The average molecular weight is 540 g/mol. The first-order valence-electron chi connectivity index (χ1n) is 13.0. The van der Waals surface area contributed by atoms with Gasteiger partial charge in [-0.25, -0.2) is 0 Å². The molecule has 2 saturated heterocycles. The fourth-order valence-electron chi connectivity index (χ4n) is 5.29. The lowest BCUT2D eigenvalue weighted by atomic mass is 10.0. The Balaban J connectivity index is 1.21. The maximum Gasteiger partial charge on any atom is 0.349 e. The molecule has 3 heterocycles. The van der Waals surface area contributed by atoms with Gasteiger partial charge in [-0.2, -0.15) is 8.78 Å². The number of imide groups is 1. The third kappa shape index (κ3) is 5.69. The van der Waals surface area contributed by atoms with Crippen LogP contribution in [-0.2, 0) is 39.9 Å². The molecule has 4 amide bonds. The topological polar surface area (TPSA) is 102 Å². The van der Waals surface area contributed by atoms with E-state index in [9.17, 15) is 19.2 Å². The highest BCUT2D eigenvalue weighted by Crippen LogP contribution is 2.31. The standard InChI is InChI=1S/C28H31F2N5O4/c1-33-9-11-34(12-10-33)16-19-3-2-4-21(14-19)28(29,30)27(39)31-15-18-5-6-22-20(13-18)17-35(26(22)38)23-7-8-24(36)32-25(23)37/h2-6,13-14,23H,7-12,15-17H2,1H3,(H,31,39)(H,32,36,37)/t23-/m1/s1. The number of alkyl halides is 2. The van der Waals surface area contributed by atoms with Crippen LogP contribution in [0.2, 0.25) is 0 Å². The minimum atomic E-state index is -3.71. The molecule has 0 unspecified atom stereocenters. The lowest BCUT2D eigenvalue weighted by molar-refractivity contribution is -0.147. The summed E-state index contributed by atoms with van der Waals surface area (Å²) in [6.45, 7) is 4.12. The number of fused-ring (bicyclic) bond motifs is 1. The van der Waals surface area contributed by atoms with Crippen molar-refractivity contribution in [1.82, 2.24) is 25.3 Å². The summed E-state index contributed by atoms with van der Waals surface area (Å²) in [5.41, 5.74) is 1.98. The molecule has 0 spiro atoms. The molecular weight excluding hydrogens is 508 g/mol. The Morgan fingerprint density at radius 3 is 2.56 bits per heavy atom. The molecule has 0 bridgehead atoms. The molecule has 0 saturated carbocycles. The van der Waals surface area contributed by atoms with Crippen molar-refractivity contribution in [2.24, 2.45) is 0 Å². The minimum absolute atomic E-state index is 0.144. The predicted molar refractivity (Wildman–Crippen MR) is 137 cm³/mol. The van der Waals surface area contributed by atoms with Crippen LogP contribution in [0.1, 0.15) is 45.5 Å². The van der Waals surface area contributed by atoms with Gasteiger partial charge >= 0.3 is 5.92 Å². The van der Waals surface area contributed by atoms with Gasteiger partial charge in [-0.05, 0) is 42.3 Å². The molecule has 0 aliphatic carbocycles. The minimum Gasteiger partial charge on any atom is -0.346 e. The summed E-state index contributed by atoms with van der Waals surface area (Å²) in [6, 6.07) is 10.1. The normalized spacial score (nSPS) is 20.6. The number of amides is 4. The Morgan fingerprint density at radius 1 is 1.05 bits per heavy atom. The number of hydrogen-bond acceptors (Lipinski definition) is 6. The van der Waals surface area contributed by atoms with Gasteiger partial charge in [-0.15, -0.1) is 0 Å². The van der Waals surface area contributed by atoms with E-state index in [0.29, 0.717) is 23.2 Å². The Labute approximate surface area is 225 Å². The number of carbonyl (C=O) groups excluding carboxylic acids is 4. The monoisotopic (exact) mass is 539 g/mol. The van der Waals surface area contributed by atoms with Gasteiger partial charge in [0, 0.05) is 63.4 Å². The van der Waals surface area contributed by atoms with E-state index >= 15 is 8.78 Å². The molecule has 2 aromatic rings. The van der Waals surface area contributed by atoms with Crippen molar-refractivity contribution in [3.05, 3.63) is 70.3 Å². The summed E-state index contributed by atoms with van der Waals surface area (Å²) < 4.78 is 30.2. The molecule has 2 fully saturated rings. The Bertz CT molecular complexity index is 1310. The molecule has 3 aliphatic heterocycles. The second-order valence-corrected chi connectivity index (χ2v) is 10.4. The number of benzene rings is 2. The second-order valence-electron chi connectivity index (χ2n) is 10.4. The van der Waals surface area contributed by atoms with E-state index < -0.39 is 23.8 Å². The van der Waals surface area contributed by atoms with Crippen LogP contribution >= 0.6 is 0 Å². The summed E-state index contributed by atoms with van der Waals surface area (Å²) in [7, 11) is 2.05. The van der Waals surface area contributed by atoms with Gasteiger partial charge in [0.25, 0.3) is 11.8 Å². The quantitative estimate of drug-likeness (QED) is 0.519. The molecule has 206 valence electrons. The van der Waals surface area contributed by atoms with Crippen LogP contribution < -0.4 is 10.6 Å². The SMILES string of the molecule is CN1CCN(Cc2cccc(C(F)(F)C(=O)NCc3ccc4c(c3)CN([C@@H]3CCC(=O)NC3=O)C4=O)c2)CC1. The first kappa shape index (κ1) is 26.9. The highest BCUT2D eigenvalue weighted by atomic mass is 19.3. The van der Waals surface area contributed by atoms with Gasteiger partial charge in [0.2, 0.25) is 11.8 Å². The maximum atomic E-state index is 15.1. The van der Waals surface area contributed by atoms with Crippen LogP contribution in [0.4, 0.5) is 8.78 Å². The number of rotatable bonds is 7.